The van der Waals surface area contributed by atoms with E-state index >= 15 is 0 Å². The monoisotopic (exact) mass is 435 g/mol. The Balaban J connectivity index is 1.56. The van der Waals surface area contributed by atoms with Gasteiger partial charge in [-0.25, -0.2) is 9.97 Å². The minimum atomic E-state index is -0.177. The minimum Gasteiger partial charge on any atom is -0.298 e. The van der Waals surface area contributed by atoms with Crippen molar-refractivity contribution < 1.29 is 4.79 Å². The topological polar surface area (TPSA) is 54.9 Å². The first-order valence-corrected chi connectivity index (χ1v) is 11.3. The maximum atomic E-state index is 13.5. The van der Waals surface area contributed by atoms with Crippen molar-refractivity contribution in [1.29, 1.82) is 0 Å². The number of aryl methyl sites for hydroxylation is 1. The lowest BCUT2D eigenvalue weighted by Crippen LogP contribution is -2.15. The standard InChI is InChI=1S/C27H21N3OS/c1-17-12-14-20(15-13-17)25-18(2)24(21-10-6-7-11-22(21)28-25)26(31)30-27-29-23(16-32-27)19-8-4-3-5-9-19/h3-16H,1-2H3,(H,29,30,31). The highest BCUT2D eigenvalue weighted by Crippen LogP contribution is 2.31. The van der Waals surface area contributed by atoms with E-state index in [4.69, 9.17) is 4.98 Å². The second-order valence-corrected chi connectivity index (χ2v) is 8.56. The summed E-state index contributed by atoms with van der Waals surface area (Å²) >= 11 is 1.42. The van der Waals surface area contributed by atoms with Gasteiger partial charge in [-0.15, -0.1) is 11.3 Å². The molecule has 0 aliphatic carbocycles. The van der Waals surface area contributed by atoms with Crippen LogP contribution in [0.5, 0.6) is 0 Å². The van der Waals surface area contributed by atoms with Crippen LogP contribution in [0.25, 0.3) is 33.4 Å². The molecule has 5 rings (SSSR count). The van der Waals surface area contributed by atoms with Gasteiger partial charge >= 0.3 is 0 Å². The van der Waals surface area contributed by atoms with Crippen molar-refractivity contribution in [2.75, 3.05) is 5.32 Å². The second-order valence-electron chi connectivity index (χ2n) is 7.70. The summed E-state index contributed by atoms with van der Waals surface area (Å²) in [6.45, 7) is 4.02. The molecule has 2 aromatic heterocycles. The average Bonchev–Trinajstić information content (AvgIpc) is 3.28. The van der Waals surface area contributed by atoms with Crippen molar-refractivity contribution in [1.82, 2.24) is 9.97 Å². The van der Waals surface area contributed by atoms with Gasteiger partial charge in [0.2, 0.25) is 0 Å². The predicted octanol–water partition coefficient (Wildman–Crippen LogP) is 6.89. The zero-order valence-electron chi connectivity index (χ0n) is 17.8. The number of hydrogen-bond acceptors (Lipinski definition) is 4. The molecule has 1 amide bonds. The Morgan fingerprint density at radius 2 is 1.53 bits per heavy atom. The summed E-state index contributed by atoms with van der Waals surface area (Å²) in [5, 5.41) is 6.38. The van der Waals surface area contributed by atoms with Gasteiger partial charge in [-0.05, 0) is 25.5 Å². The molecule has 2 heterocycles. The van der Waals surface area contributed by atoms with E-state index in [2.05, 4.69) is 29.4 Å². The van der Waals surface area contributed by atoms with Gasteiger partial charge in [0.25, 0.3) is 5.91 Å². The number of thiazole rings is 1. The number of nitrogens with zero attached hydrogens (tertiary/aromatic N) is 2. The van der Waals surface area contributed by atoms with Crippen molar-refractivity contribution in [3.8, 4) is 22.5 Å². The fraction of sp³-hybridized carbons (Fsp3) is 0.0741. The number of benzene rings is 3. The number of amides is 1. The quantitative estimate of drug-likeness (QED) is 0.334. The Hall–Kier alpha value is -3.83. The molecule has 32 heavy (non-hydrogen) atoms. The first kappa shape index (κ1) is 20.1. The van der Waals surface area contributed by atoms with Crippen LogP contribution in [0, 0.1) is 13.8 Å². The van der Waals surface area contributed by atoms with E-state index in [0.717, 1.165) is 39.0 Å². The average molecular weight is 436 g/mol. The SMILES string of the molecule is Cc1ccc(-c2nc3ccccc3c(C(=O)Nc3nc(-c4ccccc4)cs3)c2C)cc1. The first-order valence-electron chi connectivity index (χ1n) is 10.4. The van der Waals surface area contributed by atoms with Crippen LogP contribution < -0.4 is 5.32 Å². The number of nitrogens with one attached hydrogen (secondary N) is 1. The predicted molar refractivity (Wildman–Crippen MR) is 132 cm³/mol. The summed E-state index contributed by atoms with van der Waals surface area (Å²) in [4.78, 5) is 23.0. The number of aromatic nitrogens is 2. The highest BCUT2D eigenvalue weighted by atomic mass is 32.1. The number of rotatable bonds is 4. The Bertz CT molecular complexity index is 1420. The number of fused-ring (bicyclic) bond motifs is 1. The Morgan fingerprint density at radius 3 is 2.31 bits per heavy atom. The summed E-state index contributed by atoms with van der Waals surface area (Å²) in [5.74, 6) is -0.177. The van der Waals surface area contributed by atoms with E-state index in [1.54, 1.807) is 0 Å². The molecule has 4 nitrogen and oxygen atoms in total. The normalized spacial score (nSPS) is 10.9. The highest BCUT2D eigenvalue weighted by molar-refractivity contribution is 7.14. The van der Waals surface area contributed by atoms with E-state index in [9.17, 15) is 4.79 Å². The fourth-order valence-electron chi connectivity index (χ4n) is 3.82. The molecule has 0 saturated carbocycles. The van der Waals surface area contributed by atoms with Gasteiger partial charge in [-0.3, -0.25) is 10.1 Å². The molecule has 0 spiro atoms. The number of hydrogen-bond donors (Lipinski definition) is 1. The molecule has 0 saturated heterocycles. The van der Waals surface area contributed by atoms with Crippen molar-refractivity contribution in [2.45, 2.75) is 13.8 Å². The van der Waals surface area contributed by atoms with E-state index in [1.165, 1.54) is 16.9 Å². The molecule has 0 aliphatic rings. The van der Waals surface area contributed by atoms with Gasteiger partial charge in [-0.1, -0.05) is 78.4 Å². The molecule has 156 valence electrons. The summed E-state index contributed by atoms with van der Waals surface area (Å²) in [6, 6.07) is 25.9. The molecule has 5 aromatic rings. The lowest BCUT2D eigenvalue weighted by Gasteiger charge is -2.14. The molecule has 0 atom stereocenters. The lowest BCUT2D eigenvalue weighted by molar-refractivity contribution is 0.102. The van der Waals surface area contributed by atoms with E-state index in [0.29, 0.717) is 10.7 Å². The number of pyridine rings is 1. The molecule has 3 aromatic carbocycles. The van der Waals surface area contributed by atoms with Crippen LogP contribution in [0.15, 0.2) is 84.2 Å². The molecule has 0 unspecified atom stereocenters. The summed E-state index contributed by atoms with van der Waals surface area (Å²) in [7, 11) is 0. The molecule has 5 heteroatoms. The van der Waals surface area contributed by atoms with Gasteiger partial charge < -0.3 is 0 Å². The van der Waals surface area contributed by atoms with Gasteiger partial charge in [0.1, 0.15) is 0 Å². The molecular weight excluding hydrogens is 414 g/mol. The second kappa shape index (κ2) is 8.36. The van der Waals surface area contributed by atoms with Crippen LogP contribution in [0.2, 0.25) is 0 Å². The Labute approximate surface area is 190 Å². The number of anilines is 1. The number of carbonyl (C=O) groups excluding carboxylic acids is 1. The zero-order chi connectivity index (χ0) is 22.1. The van der Waals surface area contributed by atoms with Crippen molar-refractivity contribution >= 4 is 33.3 Å². The molecular formula is C27H21N3OS. The molecule has 1 N–H and O–H groups in total. The van der Waals surface area contributed by atoms with Crippen LogP contribution in [0.4, 0.5) is 5.13 Å². The van der Waals surface area contributed by atoms with Gasteiger partial charge in [0.05, 0.1) is 22.5 Å². The highest BCUT2D eigenvalue weighted by Gasteiger charge is 2.20. The zero-order valence-corrected chi connectivity index (χ0v) is 18.6. The van der Waals surface area contributed by atoms with Crippen LogP contribution in [0.1, 0.15) is 21.5 Å². The molecule has 0 bridgehead atoms. The van der Waals surface area contributed by atoms with Crippen LogP contribution in [0.3, 0.4) is 0 Å². The third-order valence-corrected chi connectivity index (χ3v) is 6.24. The summed E-state index contributed by atoms with van der Waals surface area (Å²) < 4.78 is 0. The van der Waals surface area contributed by atoms with E-state index in [-0.39, 0.29) is 5.91 Å². The van der Waals surface area contributed by atoms with E-state index < -0.39 is 0 Å². The van der Waals surface area contributed by atoms with E-state index in [1.807, 2.05) is 79.0 Å². The third kappa shape index (κ3) is 3.79. The summed E-state index contributed by atoms with van der Waals surface area (Å²) in [6.07, 6.45) is 0. The van der Waals surface area contributed by atoms with Crippen LogP contribution in [-0.4, -0.2) is 15.9 Å². The molecule has 0 radical (unpaired) electrons. The fourth-order valence-corrected chi connectivity index (χ4v) is 4.54. The Morgan fingerprint density at radius 1 is 0.812 bits per heavy atom. The maximum Gasteiger partial charge on any atom is 0.258 e. The van der Waals surface area contributed by atoms with Gasteiger partial charge in [0, 0.05) is 21.9 Å². The maximum absolute atomic E-state index is 13.5. The first-order chi connectivity index (χ1) is 15.6. The van der Waals surface area contributed by atoms with Gasteiger partial charge in [0.15, 0.2) is 5.13 Å². The lowest BCUT2D eigenvalue weighted by atomic mass is 9.97. The molecule has 0 aliphatic heterocycles. The minimum absolute atomic E-state index is 0.177. The third-order valence-electron chi connectivity index (χ3n) is 5.48. The van der Waals surface area contributed by atoms with Crippen molar-refractivity contribution in [2.24, 2.45) is 0 Å². The van der Waals surface area contributed by atoms with Crippen LogP contribution in [-0.2, 0) is 0 Å². The Kier molecular flexibility index (Phi) is 5.25. The van der Waals surface area contributed by atoms with Crippen molar-refractivity contribution in [3.05, 3.63) is 101 Å². The van der Waals surface area contributed by atoms with Crippen LogP contribution >= 0.6 is 11.3 Å². The smallest absolute Gasteiger partial charge is 0.258 e. The molecule has 0 fully saturated rings. The van der Waals surface area contributed by atoms with Crippen molar-refractivity contribution in [3.63, 3.8) is 0 Å². The largest absolute Gasteiger partial charge is 0.298 e. The number of para-hydroxylation sites is 1. The summed E-state index contributed by atoms with van der Waals surface area (Å²) in [5.41, 5.74) is 7.14. The number of carbonyl (C=O) groups is 1. The van der Waals surface area contributed by atoms with Gasteiger partial charge in [-0.2, -0.15) is 0 Å².